The Kier molecular flexibility index (Phi) is 10.2. The van der Waals surface area contributed by atoms with Crippen LogP contribution in [0.15, 0.2) is 29.3 Å². The number of benzene rings is 1. The molecule has 0 aliphatic carbocycles. The molecule has 1 aliphatic heterocycles. The minimum Gasteiger partial charge on any atom is -0.369 e. The molecular formula is C19H34IN5. The molecule has 0 amide bonds. The van der Waals surface area contributed by atoms with Gasteiger partial charge in [0.05, 0.1) is 0 Å². The van der Waals surface area contributed by atoms with Crippen molar-refractivity contribution in [2.24, 2.45) is 4.99 Å². The van der Waals surface area contributed by atoms with E-state index in [0.717, 1.165) is 51.5 Å². The molecule has 1 saturated heterocycles. The second-order valence-corrected chi connectivity index (χ2v) is 6.83. The molecule has 1 atom stereocenters. The zero-order valence-corrected chi connectivity index (χ0v) is 18.4. The van der Waals surface area contributed by atoms with Crippen LogP contribution < -0.4 is 15.5 Å². The van der Waals surface area contributed by atoms with Gasteiger partial charge >= 0.3 is 0 Å². The Morgan fingerprint density at radius 1 is 1.28 bits per heavy atom. The molecular weight excluding hydrogens is 425 g/mol. The van der Waals surface area contributed by atoms with Gasteiger partial charge in [-0.05, 0) is 59.5 Å². The minimum absolute atomic E-state index is 0. The Morgan fingerprint density at radius 3 is 2.64 bits per heavy atom. The van der Waals surface area contributed by atoms with Crippen LogP contribution in [0.5, 0.6) is 0 Å². The first-order valence-corrected chi connectivity index (χ1v) is 9.09. The van der Waals surface area contributed by atoms with E-state index in [1.807, 2.05) is 0 Å². The standard InChI is InChI=1S/C19H33N5.HI/c1-5-20-19(21-12-6-13-23(3)4)22-17-11-14-24(15-17)18-9-7-16(2)8-10-18;/h7-10,17H,5-6,11-15H2,1-4H3,(H2,20,21,22);1H. The molecule has 1 fully saturated rings. The molecule has 0 bridgehead atoms. The molecule has 2 rings (SSSR count). The van der Waals surface area contributed by atoms with E-state index < -0.39 is 0 Å². The van der Waals surface area contributed by atoms with Crippen molar-refractivity contribution >= 4 is 35.6 Å². The van der Waals surface area contributed by atoms with Crippen LogP contribution in [0.3, 0.4) is 0 Å². The molecule has 1 aromatic carbocycles. The maximum atomic E-state index is 4.71. The molecule has 25 heavy (non-hydrogen) atoms. The minimum atomic E-state index is 0. The summed E-state index contributed by atoms with van der Waals surface area (Å²) in [6.07, 6.45) is 2.24. The van der Waals surface area contributed by atoms with Gasteiger partial charge in [-0.1, -0.05) is 17.7 Å². The summed E-state index contributed by atoms with van der Waals surface area (Å²) in [7, 11) is 4.21. The Bertz CT molecular complexity index is 515. The zero-order chi connectivity index (χ0) is 17.4. The van der Waals surface area contributed by atoms with Gasteiger partial charge in [-0.2, -0.15) is 0 Å². The van der Waals surface area contributed by atoms with Gasteiger partial charge in [-0.15, -0.1) is 24.0 Å². The van der Waals surface area contributed by atoms with Gasteiger partial charge in [-0.25, -0.2) is 0 Å². The molecule has 0 aromatic heterocycles. The van der Waals surface area contributed by atoms with E-state index in [1.54, 1.807) is 0 Å². The van der Waals surface area contributed by atoms with Crippen molar-refractivity contribution in [3.05, 3.63) is 29.8 Å². The quantitative estimate of drug-likeness (QED) is 0.285. The van der Waals surface area contributed by atoms with Crippen molar-refractivity contribution in [1.82, 2.24) is 15.5 Å². The van der Waals surface area contributed by atoms with Gasteiger partial charge in [0.25, 0.3) is 0 Å². The van der Waals surface area contributed by atoms with Gasteiger partial charge in [0.2, 0.25) is 0 Å². The fourth-order valence-electron chi connectivity index (χ4n) is 2.96. The second-order valence-electron chi connectivity index (χ2n) is 6.83. The summed E-state index contributed by atoms with van der Waals surface area (Å²) in [5, 5.41) is 6.97. The number of hydrogen-bond acceptors (Lipinski definition) is 3. The predicted molar refractivity (Wildman–Crippen MR) is 119 cm³/mol. The van der Waals surface area contributed by atoms with E-state index in [1.165, 1.54) is 11.3 Å². The molecule has 2 N–H and O–H groups in total. The highest BCUT2D eigenvalue weighted by Crippen LogP contribution is 2.20. The Hall–Kier alpha value is -1.02. The van der Waals surface area contributed by atoms with Crippen LogP contribution in [0.2, 0.25) is 0 Å². The molecule has 1 aromatic rings. The van der Waals surface area contributed by atoms with E-state index >= 15 is 0 Å². The van der Waals surface area contributed by atoms with E-state index in [2.05, 4.69) is 72.6 Å². The third-order valence-corrected chi connectivity index (χ3v) is 4.31. The second kappa shape index (κ2) is 11.6. The van der Waals surface area contributed by atoms with E-state index in [-0.39, 0.29) is 24.0 Å². The van der Waals surface area contributed by atoms with Crippen LogP contribution in [-0.2, 0) is 0 Å². The molecule has 6 heteroatoms. The lowest BCUT2D eigenvalue weighted by molar-refractivity contribution is 0.403. The number of nitrogens with one attached hydrogen (secondary N) is 2. The molecule has 5 nitrogen and oxygen atoms in total. The summed E-state index contributed by atoms with van der Waals surface area (Å²) in [6.45, 7) is 9.22. The van der Waals surface area contributed by atoms with Crippen LogP contribution in [-0.4, -0.2) is 63.7 Å². The average molecular weight is 459 g/mol. The van der Waals surface area contributed by atoms with Crippen molar-refractivity contribution in [2.45, 2.75) is 32.7 Å². The highest BCUT2D eigenvalue weighted by Gasteiger charge is 2.23. The average Bonchev–Trinajstić information content (AvgIpc) is 3.00. The number of aryl methyl sites for hydroxylation is 1. The highest BCUT2D eigenvalue weighted by molar-refractivity contribution is 14.0. The van der Waals surface area contributed by atoms with Gasteiger partial charge in [0.15, 0.2) is 5.96 Å². The van der Waals surface area contributed by atoms with E-state index in [0.29, 0.717) is 6.04 Å². The number of guanidine groups is 1. The van der Waals surface area contributed by atoms with E-state index in [4.69, 9.17) is 4.99 Å². The summed E-state index contributed by atoms with van der Waals surface area (Å²) in [5.41, 5.74) is 2.63. The van der Waals surface area contributed by atoms with Crippen LogP contribution in [0.1, 0.15) is 25.3 Å². The van der Waals surface area contributed by atoms with Gasteiger partial charge in [0.1, 0.15) is 0 Å². The van der Waals surface area contributed by atoms with Crippen LogP contribution in [0.25, 0.3) is 0 Å². The van der Waals surface area contributed by atoms with E-state index in [9.17, 15) is 0 Å². The topological polar surface area (TPSA) is 42.9 Å². The monoisotopic (exact) mass is 459 g/mol. The van der Waals surface area contributed by atoms with Gasteiger partial charge in [-0.3, -0.25) is 4.99 Å². The smallest absolute Gasteiger partial charge is 0.191 e. The molecule has 0 saturated carbocycles. The fourth-order valence-corrected chi connectivity index (χ4v) is 2.96. The molecule has 142 valence electrons. The number of anilines is 1. The van der Waals surface area contributed by atoms with Crippen molar-refractivity contribution < 1.29 is 0 Å². The van der Waals surface area contributed by atoms with Crippen molar-refractivity contribution in [1.29, 1.82) is 0 Å². The predicted octanol–water partition coefficient (Wildman–Crippen LogP) is 2.70. The first-order chi connectivity index (χ1) is 11.6. The third kappa shape index (κ3) is 7.81. The fraction of sp³-hybridized carbons (Fsp3) is 0.632. The third-order valence-electron chi connectivity index (χ3n) is 4.31. The highest BCUT2D eigenvalue weighted by atomic mass is 127. The normalized spacial score (nSPS) is 17.6. The molecule has 1 unspecified atom stereocenters. The number of aliphatic imine (C=N–C) groups is 1. The van der Waals surface area contributed by atoms with Crippen molar-refractivity contribution in [3.63, 3.8) is 0 Å². The van der Waals surface area contributed by atoms with Crippen molar-refractivity contribution in [3.8, 4) is 0 Å². The number of halogens is 1. The first-order valence-electron chi connectivity index (χ1n) is 9.09. The SMILES string of the molecule is CCNC(=NCCCN(C)C)NC1CCN(c2ccc(C)cc2)C1.I. The lowest BCUT2D eigenvalue weighted by Crippen LogP contribution is -2.44. The Balaban J connectivity index is 0.00000312. The Morgan fingerprint density at radius 2 is 2.00 bits per heavy atom. The molecule has 0 spiro atoms. The maximum Gasteiger partial charge on any atom is 0.191 e. The summed E-state index contributed by atoms with van der Waals surface area (Å²) < 4.78 is 0. The first kappa shape index (κ1) is 22.0. The number of hydrogen-bond donors (Lipinski definition) is 2. The summed E-state index contributed by atoms with van der Waals surface area (Å²) in [4.78, 5) is 9.36. The van der Waals surface area contributed by atoms with Gasteiger partial charge in [0, 0.05) is 37.9 Å². The number of rotatable bonds is 7. The van der Waals surface area contributed by atoms with Crippen molar-refractivity contribution in [2.75, 3.05) is 51.7 Å². The zero-order valence-electron chi connectivity index (χ0n) is 16.1. The lowest BCUT2D eigenvalue weighted by Gasteiger charge is -2.20. The molecule has 1 heterocycles. The summed E-state index contributed by atoms with van der Waals surface area (Å²) >= 11 is 0. The van der Waals surface area contributed by atoms with Crippen LogP contribution in [0.4, 0.5) is 5.69 Å². The van der Waals surface area contributed by atoms with Crippen LogP contribution >= 0.6 is 24.0 Å². The largest absolute Gasteiger partial charge is 0.369 e. The van der Waals surface area contributed by atoms with Gasteiger partial charge < -0.3 is 20.4 Å². The number of nitrogens with zero attached hydrogens (tertiary/aromatic N) is 3. The summed E-state index contributed by atoms with van der Waals surface area (Å²) in [5.74, 6) is 0.951. The lowest BCUT2D eigenvalue weighted by atomic mass is 10.2. The maximum absolute atomic E-state index is 4.71. The Labute approximate surface area is 170 Å². The molecule has 1 aliphatic rings. The van der Waals surface area contributed by atoms with Crippen LogP contribution in [0, 0.1) is 6.92 Å². The summed E-state index contributed by atoms with van der Waals surface area (Å²) in [6, 6.07) is 9.27. The molecule has 0 radical (unpaired) electrons.